The molecule has 0 aliphatic heterocycles. The summed E-state index contributed by atoms with van der Waals surface area (Å²) in [5.41, 5.74) is 1.26. The number of methoxy groups -OCH3 is 1. The molecule has 1 aromatic carbocycles. The largest absolute Gasteiger partial charge is 0.496 e. The van der Waals surface area contributed by atoms with Gasteiger partial charge in [-0.25, -0.2) is 0 Å². The molecule has 1 N–H and O–H groups in total. The molecule has 0 spiro atoms. The lowest BCUT2D eigenvalue weighted by atomic mass is 9.92. The van der Waals surface area contributed by atoms with Gasteiger partial charge in [-0.1, -0.05) is 44.9 Å². The minimum Gasteiger partial charge on any atom is -0.496 e. The van der Waals surface area contributed by atoms with Gasteiger partial charge in [-0.05, 0) is 25.5 Å². The summed E-state index contributed by atoms with van der Waals surface area (Å²) >= 11 is 0. The van der Waals surface area contributed by atoms with E-state index in [1.54, 1.807) is 7.11 Å². The van der Waals surface area contributed by atoms with Crippen LogP contribution in [0.4, 0.5) is 0 Å². The Labute approximate surface area is 105 Å². The third-order valence-electron chi connectivity index (χ3n) is 3.28. The molecular weight excluding hydrogens is 210 g/mol. The molecule has 0 saturated heterocycles. The average Bonchev–Trinajstić information content (AvgIpc) is 2.36. The van der Waals surface area contributed by atoms with Gasteiger partial charge in [0.1, 0.15) is 5.75 Å². The number of hydrogen-bond donors (Lipinski definition) is 1. The van der Waals surface area contributed by atoms with Crippen LogP contribution in [0, 0.1) is 5.92 Å². The van der Waals surface area contributed by atoms with Crippen molar-refractivity contribution in [2.24, 2.45) is 5.92 Å². The summed E-state index contributed by atoms with van der Waals surface area (Å²) in [7, 11) is 3.76. The van der Waals surface area contributed by atoms with Gasteiger partial charge in [-0.2, -0.15) is 0 Å². The van der Waals surface area contributed by atoms with Crippen molar-refractivity contribution in [3.05, 3.63) is 29.8 Å². The van der Waals surface area contributed by atoms with Crippen molar-refractivity contribution >= 4 is 0 Å². The maximum absolute atomic E-state index is 5.43. The Bertz CT molecular complexity index is 324. The SMILES string of the molecule is CCCC(C)CC(NC)c1ccccc1OC. The number of benzene rings is 1. The molecule has 1 aromatic rings. The minimum atomic E-state index is 0.382. The van der Waals surface area contributed by atoms with E-state index in [0.717, 1.165) is 18.1 Å². The maximum Gasteiger partial charge on any atom is 0.123 e. The molecule has 2 atom stereocenters. The number of ether oxygens (including phenoxy) is 1. The summed E-state index contributed by atoms with van der Waals surface area (Å²) in [5, 5.41) is 3.40. The van der Waals surface area contributed by atoms with Gasteiger partial charge >= 0.3 is 0 Å². The van der Waals surface area contributed by atoms with Crippen molar-refractivity contribution in [1.29, 1.82) is 0 Å². The van der Waals surface area contributed by atoms with Crippen LogP contribution in [0.3, 0.4) is 0 Å². The standard InChI is InChI=1S/C15H25NO/c1-5-8-12(2)11-14(16-3)13-9-6-7-10-15(13)17-4/h6-7,9-10,12,14,16H,5,8,11H2,1-4H3. The monoisotopic (exact) mass is 235 g/mol. The minimum absolute atomic E-state index is 0.382. The fourth-order valence-electron chi connectivity index (χ4n) is 2.37. The second kappa shape index (κ2) is 7.33. The Morgan fingerprint density at radius 3 is 2.59 bits per heavy atom. The van der Waals surface area contributed by atoms with Gasteiger partial charge in [-0.3, -0.25) is 0 Å². The predicted molar refractivity (Wildman–Crippen MR) is 73.5 cm³/mol. The Morgan fingerprint density at radius 1 is 1.29 bits per heavy atom. The quantitative estimate of drug-likeness (QED) is 0.776. The number of hydrogen-bond acceptors (Lipinski definition) is 2. The second-order valence-electron chi connectivity index (χ2n) is 4.71. The average molecular weight is 235 g/mol. The summed E-state index contributed by atoms with van der Waals surface area (Å²) in [5.74, 6) is 1.72. The molecule has 1 rings (SSSR count). The molecule has 0 radical (unpaired) electrons. The zero-order valence-electron chi connectivity index (χ0n) is 11.5. The van der Waals surface area contributed by atoms with E-state index in [4.69, 9.17) is 4.74 Å². The first kappa shape index (κ1) is 14.0. The number of para-hydroxylation sites is 1. The van der Waals surface area contributed by atoms with Gasteiger partial charge in [-0.15, -0.1) is 0 Å². The molecule has 2 heteroatoms. The van der Waals surface area contributed by atoms with E-state index in [1.807, 2.05) is 19.2 Å². The van der Waals surface area contributed by atoms with Gasteiger partial charge < -0.3 is 10.1 Å². The van der Waals surface area contributed by atoms with Gasteiger partial charge in [0.25, 0.3) is 0 Å². The normalized spacial score (nSPS) is 14.4. The van der Waals surface area contributed by atoms with Crippen molar-refractivity contribution in [3.8, 4) is 5.75 Å². The molecule has 0 amide bonds. The summed E-state index contributed by atoms with van der Waals surface area (Å²) in [4.78, 5) is 0. The molecule has 2 nitrogen and oxygen atoms in total. The smallest absolute Gasteiger partial charge is 0.123 e. The number of nitrogens with one attached hydrogen (secondary N) is 1. The molecule has 0 aliphatic rings. The molecule has 0 fully saturated rings. The summed E-state index contributed by atoms with van der Waals surface area (Å²) in [6.45, 7) is 4.57. The fourth-order valence-corrected chi connectivity index (χ4v) is 2.37. The van der Waals surface area contributed by atoms with Crippen molar-refractivity contribution in [1.82, 2.24) is 5.32 Å². The maximum atomic E-state index is 5.43. The molecule has 17 heavy (non-hydrogen) atoms. The Kier molecular flexibility index (Phi) is 6.06. The van der Waals surface area contributed by atoms with E-state index in [-0.39, 0.29) is 0 Å². The van der Waals surface area contributed by atoms with Crippen LogP contribution >= 0.6 is 0 Å². The van der Waals surface area contributed by atoms with Crippen molar-refractivity contribution < 1.29 is 4.74 Å². The van der Waals surface area contributed by atoms with Crippen LogP contribution in [0.5, 0.6) is 5.75 Å². The molecular formula is C15H25NO. The summed E-state index contributed by atoms with van der Waals surface area (Å²) < 4.78 is 5.43. The molecule has 96 valence electrons. The number of rotatable bonds is 7. The highest BCUT2D eigenvalue weighted by atomic mass is 16.5. The highest BCUT2D eigenvalue weighted by molar-refractivity contribution is 5.35. The van der Waals surface area contributed by atoms with Gasteiger partial charge in [0.05, 0.1) is 7.11 Å². The molecule has 2 unspecified atom stereocenters. The van der Waals surface area contributed by atoms with E-state index in [1.165, 1.54) is 18.4 Å². The topological polar surface area (TPSA) is 21.3 Å². The van der Waals surface area contributed by atoms with Crippen molar-refractivity contribution in [2.45, 2.75) is 39.2 Å². The highest BCUT2D eigenvalue weighted by Crippen LogP contribution is 2.30. The zero-order valence-corrected chi connectivity index (χ0v) is 11.5. The van der Waals surface area contributed by atoms with Crippen LogP contribution in [0.2, 0.25) is 0 Å². The Morgan fingerprint density at radius 2 is 2.00 bits per heavy atom. The van der Waals surface area contributed by atoms with E-state index in [2.05, 4.69) is 31.3 Å². The second-order valence-corrected chi connectivity index (χ2v) is 4.71. The fraction of sp³-hybridized carbons (Fsp3) is 0.600. The van der Waals surface area contributed by atoms with Gasteiger partial charge in [0.15, 0.2) is 0 Å². The molecule has 0 saturated carbocycles. The lowest BCUT2D eigenvalue weighted by molar-refractivity contribution is 0.375. The molecule has 0 aliphatic carbocycles. The summed E-state index contributed by atoms with van der Waals surface area (Å²) in [6.07, 6.45) is 3.70. The van der Waals surface area contributed by atoms with Crippen LogP contribution in [-0.2, 0) is 0 Å². The van der Waals surface area contributed by atoms with E-state index >= 15 is 0 Å². The van der Waals surface area contributed by atoms with E-state index < -0.39 is 0 Å². The zero-order chi connectivity index (χ0) is 12.7. The van der Waals surface area contributed by atoms with Crippen LogP contribution in [0.1, 0.15) is 44.7 Å². The first-order chi connectivity index (χ1) is 8.22. The van der Waals surface area contributed by atoms with Crippen LogP contribution in [0.15, 0.2) is 24.3 Å². The molecule has 0 bridgehead atoms. The van der Waals surface area contributed by atoms with E-state index in [0.29, 0.717) is 6.04 Å². The predicted octanol–water partition coefficient (Wildman–Crippen LogP) is 3.78. The first-order valence-corrected chi connectivity index (χ1v) is 6.53. The van der Waals surface area contributed by atoms with Crippen molar-refractivity contribution in [2.75, 3.05) is 14.2 Å². The van der Waals surface area contributed by atoms with Crippen molar-refractivity contribution in [3.63, 3.8) is 0 Å². The lowest BCUT2D eigenvalue weighted by Crippen LogP contribution is -2.19. The van der Waals surface area contributed by atoms with Crippen LogP contribution in [0.25, 0.3) is 0 Å². The third-order valence-corrected chi connectivity index (χ3v) is 3.28. The highest BCUT2D eigenvalue weighted by Gasteiger charge is 2.16. The Balaban J connectivity index is 2.78. The van der Waals surface area contributed by atoms with Crippen LogP contribution in [-0.4, -0.2) is 14.2 Å². The molecule has 0 heterocycles. The van der Waals surface area contributed by atoms with Gasteiger partial charge in [0, 0.05) is 11.6 Å². The van der Waals surface area contributed by atoms with Crippen LogP contribution < -0.4 is 10.1 Å². The van der Waals surface area contributed by atoms with Gasteiger partial charge in [0.2, 0.25) is 0 Å². The summed E-state index contributed by atoms with van der Waals surface area (Å²) in [6, 6.07) is 8.66. The molecule has 0 aromatic heterocycles. The lowest BCUT2D eigenvalue weighted by Gasteiger charge is -2.22. The van der Waals surface area contributed by atoms with E-state index in [9.17, 15) is 0 Å². The third kappa shape index (κ3) is 4.04. The first-order valence-electron chi connectivity index (χ1n) is 6.53. The Hall–Kier alpha value is -1.02.